The molecular formula is C15H10ClN2O. The molecule has 0 amide bonds. The maximum absolute atomic E-state index is 5.96. The van der Waals surface area contributed by atoms with Crippen molar-refractivity contribution in [3.05, 3.63) is 65.6 Å². The van der Waals surface area contributed by atoms with Crippen LogP contribution in [0.1, 0.15) is 5.56 Å². The lowest BCUT2D eigenvalue weighted by molar-refractivity contribution is 0.306. The van der Waals surface area contributed by atoms with E-state index in [1.54, 1.807) is 0 Å². The minimum absolute atomic E-state index is 0.402. The zero-order chi connectivity index (χ0) is 13.1. The van der Waals surface area contributed by atoms with Gasteiger partial charge in [0.05, 0.1) is 5.52 Å². The lowest BCUT2D eigenvalue weighted by Crippen LogP contribution is -1.95. The smallest absolute Gasteiger partial charge is 0.199 e. The number of fused-ring (bicyclic) bond motifs is 1. The van der Waals surface area contributed by atoms with E-state index in [0.29, 0.717) is 11.8 Å². The summed E-state index contributed by atoms with van der Waals surface area (Å²) in [5, 5.41) is 1.20. The monoisotopic (exact) mass is 269 g/mol. The van der Waals surface area contributed by atoms with Crippen molar-refractivity contribution in [1.82, 2.24) is 9.97 Å². The summed E-state index contributed by atoms with van der Waals surface area (Å²) >= 11 is 5.96. The Morgan fingerprint density at radius 3 is 2.74 bits per heavy atom. The number of halogens is 1. The van der Waals surface area contributed by atoms with Gasteiger partial charge in [-0.3, -0.25) is 0 Å². The fraction of sp³-hybridized carbons (Fsp3) is 0.0667. The largest absolute Gasteiger partial charge is 0.489 e. The van der Waals surface area contributed by atoms with Crippen LogP contribution in [0, 0.1) is 6.33 Å². The Morgan fingerprint density at radius 1 is 1.05 bits per heavy atom. The number of rotatable bonds is 3. The van der Waals surface area contributed by atoms with Crippen LogP contribution in [0.3, 0.4) is 0 Å². The summed E-state index contributed by atoms with van der Waals surface area (Å²) in [5.41, 5.74) is 1.85. The third-order valence-corrected chi connectivity index (χ3v) is 3.05. The fourth-order valence-corrected chi connectivity index (χ4v) is 1.99. The van der Waals surface area contributed by atoms with E-state index in [-0.39, 0.29) is 0 Å². The number of ether oxygens (including phenoxy) is 1. The second kappa shape index (κ2) is 5.24. The highest BCUT2D eigenvalue weighted by molar-refractivity contribution is 6.34. The maximum atomic E-state index is 5.96. The van der Waals surface area contributed by atoms with Crippen LogP contribution in [0.4, 0.5) is 0 Å². The first-order chi connectivity index (χ1) is 9.33. The molecule has 0 unspecified atom stereocenters. The Morgan fingerprint density at radius 2 is 1.89 bits per heavy atom. The Bertz CT molecular complexity index is 701. The van der Waals surface area contributed by atoms with E-state index in [4.69, 9.17) is 16.3 Å². The van der Waals surface area contributed by atoms with Crippen LogP contribution in [0.15, 0.2) is 48.5 Å². The molecule has 3 rings (SSSR count). The van der Waals surface area contributed by atoms with Gasteiger partial charge in [-0.15, -0.1) is 0 Å². The molecule has 0 fully saturated rings. The lowest BCUT2D eigenvalue weighted by atomic mass is 10.2. The molecule has 0 spiro atoms. The first-order valence-electron chi connectivity index (χ1n) is 5.83. The van der Waals surface area contributed by atoms with Gasteiger partial charge in [0, 0.05) is 11.5 Å². The van der Waals surface area contributed by atoms with Gasteiger partial charge in [-0.05, 0) is 17.7 Å². The average molecular weight is 270 g/mol. The normalized spacial score (nSPS) is 10.6. The van der Waals surface area contributed by atoms with Crippen LogP contribution >= 0.6 is 11.6 Å². The molecular weight excluding hydrogens is 260 g/mol. The first-order valence-corrected chi connectivity index (χ1v) is 6.21. The zero-order valence-corrected chi connectivity index (χ0v) is 10.8. The number of aromatic nitrogens is 2. The summed E-state index contributed by atoms with van der Waals surface area (Å²) < 4.78 is 5.72. The van der Waals surface area contributed by atoms with Crippen molar-refractivity contribution in [3.8, 4) is 5.75 Å². The highest BCUT2D eigenvalue weighted by atomic mass is 35.5. The van der Waals surface area contributed by atoms with Crippen molar-refractivity contribution in [2.45, 2.75) is 6.61 Å². The van der Waals surface area contributed by atoms with Gasteiger partial charge in [0.2, 0.25) is 0 Å². The molecule has 1 radical (unpaired) electrons. The number of hydrogen-bond donors (Lipinski definition) is 0. The molecule has 2 aromatic carbocycles. The van der Waals surface area contributed by atoms with Crippen molar-refractivity contribution < 1.29 is 4.74 Å². The topological polar surface area (TPSA) is 35.0 Å². The molecule has 0 bridgehead atoms. The van der Waals surface area contributed by atoms with Crippen molar-refractivity contribution >= 4 is 22.5 Å². The Labute approximate surface area is 115 Å². The molecule has 0 saturated heterocycles. The van der Waals surface area contributed by atoms with Gasteiger partial charge < -0.3 is 4.74 Å². The van der Waals surface area contributed by atoms with E-state index >= 15 is 0 Å². The molecule has 4 heteroatoms. The lowest BCUT2D eigenvalue weighted by Gasteiger charge is -2.07. The standard InChI is InChI=1S/C15H10ClN2O/c16-15-13-7-6-12(8-14(13)17-10-18-15)19-9-11-4-2-1-3-5-11/h1-8H,9H2. The Kier molecular flexibility index (Phi) is 3.29. The molecule has 93 valence electrons. The average Bonchev–Trinajstić information content (AvgIpc) is 2.46. The van der Waals surface area contributed by atoms with E-state index in [1.807, 2.05) is 48.5 Å². The first kappa shape index (κ1) is 11.9. The summed E-state index contributed by atoms with van der Waals surface area (Å²) in [6.45, 7) is 0.523. The molecule has 3 aromatic rings. The van der Waals surface area contributed by atoms with Crippen molar-refractivity contribution in [1.29, 1.82) is 0 Å². The van der Waals surface area contributed by atoms with Gasteiger partial charge in [0.1, 0.15) is 17.5 Å². The highest BCUT2D eigenvalue weighted by Crippen LogP contribution is 2.23. The molecule has 0 atom stereocenters. The van der Waals surface area contributed by atoms with Gasteiger partial charge in [-0.2, -0.15) is 0 Å². The molecule has 1 heterocycles. The predicted molar refractivity (Wildman–Crippen MR) is 74.2 cm³/mol. The van der Waals surface area contributed by atoms with Gasteiger partial charge in [0.15, 0.2) is 6.33 Å². The van der Waals surface area contributed by atoms with E-state index < -0.39 is 0 Å². The summed E-state index contributed by atoms with van der Waals surface area (Å²) in [6.07, 6.45) is 2.52. The van der Waals surface area contributed by atoms with E-state index in [1.165, 1.54) is 0 Å². The molecule has 0 N–H and O–H groups in total. The second-order valence-electron chi connectivity index (χ2n) is 4.07. The Balaban J connectivity index is 1.82. The van der Waals surface area contributed by atoms with E-state index in [2.05, 4.69) is 16.3 Å². The van der Waals surface area contributed by atoms with E-state index in [0.717, 1.165) is 22.2 Å². The fourth-order valence-electron chi connectivity index (χ4n) is 1.79. The summed E-state index contributed by atoms with van der Waals surface area (Å²) in [4.78, 5) is 7.88. The van der Waals surface area contributed by atoms with Gasteiger partial charge in [-0.1, -0.05) is 41.9 Å². The molecule has 0 aliphatic heterocycles. The predicted octanol–water partition coefficient (Wildman–Crippen LogP) is 3.66. The number of nitrogens with zero attached hydrogens (tertiary/aromatic N) is 2. The van der Waals surface area contributed by atoms with Crippen LogP contribution in [0.2, 0.25) is 5.15 Å². The molecule has 0 saturated carbocycles. The van der Waals surface area contributed by atoms with E-state index in [9.17, 15) is 0 Å². The molecule has 1 aromatic heterocycles. The maximum Gasteiger partial charge on any atom is 0.199 e. The molecule has 19 heavy (non-hydrogen) atoms. The van der Waals surface area contributed by atoms with Crippen LogP contribution in [0.25, 0.3) is 10.9 Å². The summed E-state index contributed by atoms with van der Waals surface area (Å²) in [5.74, 6) is 0.750. The zero-order valence-electron chi connectivity index (χ0n) is 10.0. The second-order valence-corrected chi connectivity index (χ2v) is 4.43. The van der Waals surface area contributed by atoms with Crippen molar-refractivity contribution in [2.75, 3.05) is 0 Å². The molecule has 0 aliphatic carbocycles. The quantitative estimate of drug-likeness (QED) is 0.681. The summed E-state index contributed by atoms with van der Waals surface area (Å²) in [7, 11) is 0. The number of benzene rings is 2. The van der Waals surface area contributed by atoms with Crippen molar-refractivity contribution in [2.24, 2.45) is 0 Å². The van der Waals surface area contributed by atoms with Crippen LogP contribution in [-0.4, -0.2) is 9.97 Å². The van der Waals surface area contributed by atoms with Gasteiger partial charge >= 0.3 is 0 Å². The van der Waals surface area contributed by atoms with Gasteiger partial charge in [0.25, 0.3) is 0 Å². The minimum atomic E-state index is 0.402. The SMILES string of the molecule is Clc1n[c]nc2cc(OCc3ccccc3)ccc12. The molecule has 3 nitrogen and oxygen atoms in total. The number of hydrogen-bond acceptors (Lipinski definition) is 3. The van der Waals surface area contributed by atoms with Crippen LogP contribution < -0.4 is 4.74 Å². The third kappa shape index (κ3) is 2.66. The van der Waals surface area contributed by atoms with Gasteiger partial charge in [-0.25, -0.2) is 9.97 Å². The Hall–Kier alpha value is -2.13. The third-order valence-electron chi connectivity index (χ3n) is 2.76. The van der Waals surface area contributed by atoms with Crippen LogP contribution in [-0.2, 0) is 6.61 Å². The van der Waals surface area contributed by atoms with Crippen molar-refractivity contribution in [3.63, 3.8) is 0 Å². The summed E-state index contributed by atoms with van der Waals surface area (Å²) in [6, 6.07) is 15.5. The minimum Gasteiger partial charge on any atom is -0.489 e. The molecule has 0 aliphatic rings. The van der Waals surface area contributed by atoms with Crippen LogP contribution in [0.5, 0.6) is 5.75 Å². The highest BCUT2D eigenvalue weighted by Gasteiger charge is 2.03.